The molecule has 4 aromatic rings. The van der Waals surface area contributed by atoms with Crippen molar-refractivity contribution in [3.63, 3.8) is 0 Å². The molecule has 0 bridgehead atoms. The number of methoxy groups -OCH3 is 1. The molecule has 0 amide bonds. The van der Waals surface area contributed by atoms with Crippen molar-refractivity contribution in [1.29, 1.82) is 0 Å². The Morgan fingerprint density at radius 1 is 1.00 bits per heavy atom. The Bertz CT molecular complexity index is 1410. The van der Waals surface area contributed by atoms with Crippen LogP contribution in [0.1, 0.15) is 34.3 Å². The number of Topliss-reactive ketones (excluding diaryl/α,β-unsaturated/α-hetero) is 1. The van der Waals surface area contributed by atoms with Gasteiger partial charge in [-0.15, -0.1) is 0 Å². The highest BCUT2D eigenvalue weighted by atomic mass is 32.2. The normalized spacial score (nSPS) is 13.0. The first-order valence-corrected chi connectivity index (χ1v) is 12.1. The second kappa shape index (κ2) is 9.24. The molecule has 0 fully saturated rings. The van der Waals surface area contributed by atoms with E-state index >= 15 is 0 Å². The van der Waals surface area contributed by atoms with Gasteiger partial charge in [-0.2, -0.15) is 0 Å². The highest BCUT2D eigenvalue weighted by Gasteiger charge is 2.18. The number of rotatable bonds is 6. The molecule has 0 atom stereocenters. The number of fused-ring (bicyclic) bond motifs is 2. The van der Waals surface area contributed by atoms with Gasteiger partial charge in [0, 0.05) is 5.56 Å². The molecule has 0 N–H and O–H groups in total. The largest absolute Gasteiger partial charge is 0.495 e. The first kappa shape index (κ1) is 21.5. The van der Waals surface area contributed by atoms with Gasteiger partial charge in [0.25, 0.3) is 5.56 Å². The molecule has 0 spiro atoms. The van der Waals surface area contributed by atoms with Gasteiger partial charge in [0.05, 0.1) is 29.5 Å². The molecule has 3 aromatic carbocycles. The summed E-state index contributed by atoms with van der Waals surface area (Å²) in [5, 5.41) is 0.989. The Morgan fingerprint density at radius 2 is 1.76 bits per heavy atom. The molecule has 0 unspecified atom stereocenters. The molecular weight excluding hydrogens is 432 g/mol. The van der Waals surface area contributed by atoms with Gasteiger partial charge in [-0.1, -0.05) is 48.2 Å². The van der Waals surface area contributed by atoms with Crippen LogP contribution in [0.2, 0.25) is 0 Å². The monoisotopic (exact) mass is 456 g/mol. The van der Waals surface area contributed by atoms with Gasteiger partial charge in [0.1, 0.15) is 5.75 Å². The Morgan fingerprint density at radius 3 is 2.61 bits per heavy atom. The molecule has 0 saturated carbocycles. The van der Waals surface area contributed by atoms with Gasteiger partial charge >= 0.3 is 0 Å². The Labute approximate surface area is 196 Å². The summed E-state index contributed by atoms with van der Waals surface area (Å²) in [6.45, 7) is 0. The number of benzene rings is 3. The third-order valence-corrected chi connectivity index (χ3v) is 7.01. The molecule has 166 valence electrons. The average Bonchev–Trinajstić information content (AvgIpc) is 2.87. The summed E-state index contributed by atoms with van der Waals surface area (Å²) in [5.41, 5.74) is 4.38. The summed E-state index contributed by atoms with van der Waals surface area (Å²) in [4.78, 5) is 31.3. The molecule has 6 heteroatoms. The van der Waals surface area contributed by atoms with Crippen molar-refractivity contribution in [3.8, 4) is 11.4 Å². The minimum absolute atomic E-state index is 0.0300. The Balaban J connectivity index is 1.52. The van der Waals surface area contributed by atoms with E-state index in [2.05, 4.69) is 6.07 Å². The van der Waals surface area contributed by atoms with E-state index < -0.39 is 0 Å². The number of carbonyl (C=O) groups excluding carboxylic acids is 1. The van der Waals surface area contributed by atoms with Crippen LogP contribution in [0.4, 0.5) is 0 Å². The van der Waals surface area contributed by atoms with Crippen molar-refractivity contribution in [2.45, 2.75) is 30.8 Å². The van der Waals surface area contributed by atoms with Gasteiger partial charge in [-0.05, 0) is 67.1 Å². The molecule has 5 rings (SSSR count). The van der Waals surface area contributed by atoms with Crippen LogP contribution in [-0.4, -0.2) is 28.2 Å². The second-order valence-electron chi connectivity index (χ2n) is 8.13. The van der Waals surface area contributed by atoms with Gasteiger partial charge in [0.2, 0.25) is 0 Å². The number of aryl methyl sites for hydroxylation is 2. The van der Waals surface area contributed by atoms with Crippen molar-refractivity contribution in [2.75, 3.05) is 12.9 Å². The molecule has 1 aliphatic rings. The van der Waals surface area contributed by atoms with Crippen molar-refractivity contribution in [3.05, 3.63) is 93.8 Å². The van der Waals surface area contributed by atoms with Gasteiger partial charge in [-0.3, -0.25) is 14.2 Å². The van der Waals surface area contributed by atoms with Crippen LogP contribution in [0, 0.1) is 0 Å². The molecule has 1 aliphatic carbocycles. The number of ketones is 1. The Hall–Kier alpha value is -3.38. The predicted molar refractivity (Wildman–Crippen MR) is 132 cm³/mol. The summed E-state index contributed by atoms with van der Waals surface area (Å²) >= 11 is 1.28. The molecule has 0 radical (unpaired) electrons. The number of hydrogen-bond donors (Lipinski definition) is 0. The smallest absolute Gasteiger partial charge is 0.266 e. The SMILES string of the molecule is COc1ccccc1-n1c(SCC(=O)c2ccc3c(c2)CCCC3)nc2ccccc2c1=O. The van der Waals surface area contributed by atoms with E-state index in [-0.39, 0.29) is 17.1 Å². The van der Waals surface area contributed by atoms with Crippen LogP contribution < -0.4 is 10.3 Å². The number of carbonyl (C=O) groups is 1. The third kappa shape index (κ3) is 4.18. The number of nitrogens with zero attached hydrogens (tertiary/aromatic N) is 2. The summed E-state index contributed by atoms with van der Waals surface area (Å²) in [5.74, 6) is 0.792. The third-order valence-electron chi connectivity index (χ3n) is 6.07. The number of ether oxygens (including phenoxy) is 1. The second-order valence-corrected chi connectivity index (χ2v) is 9.07. The highest BCUT2D eigenvalue weighted by Crippen LogP contribution is 2.28. The summed E-state index contributed by atoms with van der Waals surface area (Å²) in [6.07, 6.45) is 4.50. The van der Waals surface area contributed by atoms with E-state index in [1.807, 2.05) is 54.6 Å². The number of para-hydroxylation sites is 3. The zero-order valence-electron chi connectivity index (χ0n) is 18.4. The lowest BCUT2D eigenvalue weighted by molar-refractivity contribution is 0.102. The maximum absolute atomic E-state index is 13.5. The van der Waals surface area contributed by atoms with Crippen molar-refractivity contribution in [1.82, 2.24) is 9.55 Å². The number of aromatic nitrogens is 2. The van der Waals surface area contributed by atoms with E-state index in [1.54, 1.807) is 17.7 Å². The average molecular weight is 457 g/mol. The maximum Gasteiger partial charge on any atom is 0.266 e. The van der Waals surface area contributed by atoms with E-state index in [4.69, 9.17) is 9.72 Å². The molecule has 5 nitrogen and oxygen atoms in total. The molecule has 0 aliphatic heterocycles. The lowest BCUT2D eigenvalue weighted by atomic mass is 9.90. The van der Waals surface area contributed by atoms with E-state index in [9.17, 15) is 9.59 Å². The van der Waals surface area contributed by atoms with Crippen molar-refractivity contribution in [2.24, 2.45) is 0 Å². The van der Waals surface area contributed by atoms with Crippen LogP contribution in [0.3, 0.4) is 0 Å². The zero-order chi connectivity index (χ0) is 22.8. The van der Waals surface area contributed by atoms with Crippen molar-refractivity contribution < 1.29 is 9.53 Å². The minimum atomic E-state index is -0.186. The standard InChI is InChI=1S/C27H24N2O3S/c1-32-25-13-7-6-12-23(25)29-26(31)21-10-4-5-11-22(21)28-27(29)33-17-24(30)20-15-14-18-8-2-3-9-19(18)16-20/h4-7,10-16H,2-3,8-9,17H2,1H3. The van der Waals surface area contributed by atoms with Crippen molar-refractivity contribution >= 4 is 28.4 Å². The molecule has 1 aromatic heterocycles. The van der Waals surface area contributed by atoms with Gasteiger partial charge in [0.15, 0.2) is 10.9 Å². The van der Waals surface area contributed by atoms with Crippen LogP contribution in [0.15, 0.2) is 76.7 Å². The topological polar surface area (TPSA) is 61.2 Å². The maximum atomic E-state index is 13.5. The summed E-state index contributed by atoms with van der Waals surface area (Å²) < 4.78 is 7.05. The summed E-state index contributed by atoms with van der Waals surface area (Å²) in [7, 11) is 1.57. The first-order chi connectivity index (χ1) is 16.2. The van der Waals surface area contributed by atoms with E-state index in [0.29, 0.717) is 27.5 Å². The zero-order valence-corrected chi connectivity index (χ0v) is 19.2. The van der Waals surface area contributed by atoms with E-state index in [1.165, 1.54) is 35.7 Å². The van der Waals surface area contributed by atoms with Crippen LogP contribution >= 0.6 is 11.8 Å². The number of thioether (sulfide) groups is 1. The fourth-order valence-electron chi connectivity index (χ4n) is 4.36. The first-order valence-electron chi connectivity index (χ1n) is 11.1. The quantitative estimate of drug-likeness (QED) is 0.225. The van der Waals surface area contributed by atoms with Crippen LogP contribution in [0.5, 0.6) is 5.75 Å². The molecule has 0 saturated heterocycles. The summed E-state index contributed by atoms with van der Waals surface area (Å²) in [6, 6.07) is 20.7. The Kier molecular flexibility index (Phi) is 6.01. The molecule has 33 heavy (non-hydrogen) atoms. The van der Waals surface area contributed by atoms with Gasteiger partial charge < -0.3 is 4.74 Å². The highest BCUT2D eigenvalue weighted by molar-refractivity contribution is 7.99. The van der Waals surface area contributed by atoms with Gasteiger partial charge in [-0.25, -0.2) is 4.98 Å². The van der Waals surface area contributed by atoms with Crippen LogP contribution in [-0.2, 0) is 12.8 Å². The predicted octanol–water partition coefficient (Wildman–Crippen LogP) is 5.25. The minimum Gasteiger partial charge on any atom is -0.495 e. The lowest BCUT2D eigenvalue weighted by Gasteiger charge is -2.17. The lowest BCUT2D eigenvalue weighted by Crippen LogP contribution is -2.22. The van der Waals surface area contributed by atoms with E-state index in [0.717, 1.165) is 18.4 Å². The fraction of sp³-hybridized carbons (Fsp3) is 0.222. The molecule has 1 heterocycles. The van der Waals surface area contributed by atoms with Crippen LogP contribution in [0.25, 0.3) is 16.6 Å². The molecular formula is C27H24N2O3S. The fourth-order valence-corrected chi connectivity index (χ4v) is 5.26. The number of hydrogen-bond acceptors (Lipinski definition) is 5.